The molecule has 0 aromatic carbocycles. The summed E-state index contributed by atoms with van der Waals surface area (Å²) >= 11 is 0. The molecule has 3 aliphatic rings. The minimum Gasteiger partial charge on any atom is -0.315 e. The maximum atomic E-state index is 3.59. The topological polar surface area (TPSA) is 18.5 Å². The minimum atomic E-state index is 0.747. The third-order valence-electron chi connectivity index (χ3n) is 5.20. The third kappa shape index (κ3) is 2.25. The van der Waals surface area contributed by atoms with E-state index in [1.807, 2.05) is 0 Å². The Hall–Kier alpha value is -0.120. The van der Waals surface area contributed by atoms with Crippen molar-refractivity contribution in [3.05, 3.63) is 0 Å². The number of fused-ring (bicyclic) bond motifs is 1. The number of piperidine rings is 1. The van der Waals surface area contributed by atoms with Gasteiger partial charge in [-0.15, -0.1) is 0 Å². The Balaban J connectivity index is 1.69. The molecule has 0 aromatic heterocycles. The van der Waals surface area contributed by atoms with Crippen LogP contribution in [0.2, 0.25) is 0 Å². The second-order valence-electron chi connectivity index (χ2n) is 6.37. The molecule has 0 spiro atoms. The van der Waals surface area contributed by atoms with E-state index in [-0.39, 0.29) is 0 Å². The lowest BCUT2D eigenvalue weighted by Gasteiger charge is -2.49. The first kappa shape index (κ1) is 11.9. The summed E-state index contributed by atoms with van der Waals surface area (Å²) in [6.45, 7) is 11.3. The molecule has 4 atom stereocenters. The van der Waals surface area contributed by atoms with Crippen molar-refractivity contribution in [2.75, 3.05) is 32.7 Å². The summed E-state index contributed by atoms with van der Waals surface area (Å²) in [5.41, 5.74) is 0. The van der Waals surface area contributed by atoms with Crippen molar-refractivity contribution in [2.45, 2.75) is 51.2 Å². The predicted octanol–water partition coefficient (Wildman–Crippen LogP) is 1.15. The molecule has 0 aliphatic carbocycles. The Kier molecular flexibility index (Phi) is 3.42. The molecule has 3 heterocycles. The van der Waals surface area contributed by atoms with Crippen LogP contribution in [0, 0.1) is 5.92 Å². The van der Waals surface area contributed by atoms with E-state index in [9.17, 15) is 0 Å². The Labute approximate surface area is 106 Å². The summed E-state index contributed by atoms with van der Waals surface area (Å²) in [7, 11) is 0. The van der Waals surface area contributed by atoms with Gasteiger partial charge in [0.25, 0.3) is 0 Å². The molecule has 4 unspecified atom stereocenters. The van der Waals surface area contributed by atoms with Crippen LogP contribution in [0.15, 0.2) is 0 Å². The zero-order valence-electron chi connectivity index (χ0n) is 11.4. The average molecular weight is 237 g/mol. The van der Waals surface area contributed by atoms with Gasteiger partial charge in [-0.3, -0.25) is 9.80 Å². The Morgan fingerprint density at radius 3 is 2.82 bits per heavy atom. The summed E-state index contributed by atoms with van der Waals surface area (Å²) in [6, 6.07) is 2.39. The lowest BCUT2D eigenvalue weighted by atomic mass is 9.91. The standard InChI is InChI=1S/C14H27N3/c1-11-5-6-15-8-14(11)17-10-13-4-3-7-16(13)9-12(17)2/h11-15H,3-10H2,1-2H3. The van der Waals surface area contributed by atoms with Crippen LogP contribution < -0.4 is 5.32 Å². The van der Waals surface area contributed by atoms with E-state index in [0.29, 0.717) is 0 Å². The predicted molar refractivity (Wildman–Crippen MR) is 71.2 cm³/mol. The fraction of sp³-hybridized carbons (Fsp3) is 1.00. The summed E-state index contributed by atoms with van der Waals surface area (Å²) < 4.78 is 0. The molecule has 3 aliphatic heterocycles. The summed E-state index contributed by atoms with van der Waals surface area (Å²) in [4.78, 5) is 5.53. The molecule has 17 heavy (non-hydrogen) atoms. The van der Waals surface area contributed by atoms with Crippen LogP contribution >= 0.6 is 0 Å². The molecule has 0 saturated carbocycles. The van der Waals surface area contributed by atoms with E-state index >= 15 is 0 Å². The lowest BCUT2D eigenvalue weighted by Crippen LogP contribution is -2.62. The number of nitrogens with zero attached hydrogens (tertiary/aromatic N) is 2. The van der Waals surface area contributed by atoms with Crippen molar-refractivity contribution in [1.82, 2.24) is 15.1 Å². The molecule has 98 valence electrons. The highest BCUT2D eigenvalue weighted by molar-refractivity contribution is 4.95. The van der Waals surface area contributed by atoms with E-state index in [2.05, 4.69) is 29.0 Å². The molecule has 3 nitrogen and oxygen atoms in total. The van der Waals surface area contributed by atoms with Crippen molar-refractivity contribution in [1.29, 1.82) is 0 Å². The quantitative estimate of drug-likeness (QED) is 0.738. The fourth-order valence-corrected chi connectivity index (χ4v) is 4.09. The Morgan fingerprint density at radius 1 is 1.12 bits per heavy atom. The normalized spacial score (nSPS) is 44.8. The SMILES string of the molecule is CC1CCNCC1N1CC2CCCN2CC1C. The van der Waals surface area contributed by atoms with Gasteiger partial charge < -0.3 is 5.32 Å². The largest absolute Gasteiger partial charge is 0.315 e. The molecule has 3 fully saturated rings. The van der Waals surface area contributed by atoms with Gasteiger partial charge in [-0.05, 0) is 45.2 Å². The van der Waals surface area contributed by atoms with Gasteiger partial charge in [0, 0.05) is 37.8 Å². The summed E-state index contributed by atoms with van der Waals surface area (Å²) in [5.74, 6) is 0.867. The van der Waals surface area contributed by atoms with E-state index < -0.39 is 0 Å². The number of piperazine rings is 1. The molecular weight excluding hydrogens is 210 g/mol. The number of rotatable bonds is 1. The molecule has 0 amide bonds. The Bertz CT molecular complexity index is 268. The monoisotopic (exact) mass is 237 g/mol. The van der Waals surface area contributed by atoms with Crippen LogP contribution in [0.4, 0.5) is 0 Å². The number of hydrogen-bond acceptors (Lipinski definition) is 3. The molecule has 0 radical (unpaired) electrons. The molecule has 3 heteroatoms. The molecule has 0 aromatic rings. The van der Waals surface area contributed by atoms with Gasteiger partial charge >= 0.3 is 0 Å². The van der Waals surface area contributed by atoms with Crippen molar-refractivity contribution >= 4 is 0 Å². The van der Waals surface area contributed by atoms with Crippen molar-refractivity contribution in [3.63, 3.8) is 0 Å². The fourth-order valence-electron chi connectivity index (χ4n) is 4.09. The van der Waals surface area contributed by atoms with Gasteiger partial charge in [0.15, 0.2) is 0 Å². The molecule has 0 bridgehead atoms. The first-order chi connectivity index (χ1) is 8.25. The van der Waals surface area contributed by atoms with Crippen LogP contribution in [0.5, 0.6) is 0 Å². The second-order valence-corrected chi connectivity index (χ2v) is 6.37. The van der Waals surface area contributed by atoms with Crippen LogP contribution in [0.25, 0.3) is 0 Å². The first-order valence-corrected chi connectivity index (χ1v) is 7.46. The zero-order chi connectivity index (χ0) is 11.8. The van der Waals surface area contributed by atoms with Gasteiger partial charge in [-0.25, -0.2) is 0 Å². The van der Waals surface area contributed by atoms with E-state index in [4.69, 9.17) is 0 Å². The molecular formula is C14H27N3. The van der Waals surface area contributed by atoms with Gasteiger partial charge in [0.2, 0.25) is 0 Å². The highest BCUT2D eigenvalue weighted by Gasteiger charge is 2.39. The highest BCUT2D eigenvalue weighted by atomic mass is 15.3. The average Bonchev–Trinajstić information content (AvgIpc) is 2.76. The maximum Gasteiger partial charge on any atom is 0.0250 e. The summed E-state index contributed by atoms with van der Waals surface area (Å²) in [6.07, 6.45) is 4.20. The lowest BCUT2D eigenvalue weighted by molar-refractivity contribution is 0.00347. The maximum absolute atomic E-state index is 3.59. The van der Waals surface area contributed by atoms with Crippen molar-refractivity contribution in [2.24, 2.45) is 5.92 Å². The van der Waals surface area contributed by atoms with Crippen LogP contribution in [0.1, 0.15) is 33.1 Å². The van der Waals surface area contributed by atoms with Crippen LogP contribution in [-0.4, -0.2) is 60.6 Å². The number of nitrogens with one attached hydrogen (secondary N) is 1. The molecule has 3 rings (SSSR count). The molecule has 1 N–H and O–H groups in total. The minimum absolute atomic E-state index is 0.747. The van der Waals surface area contributed by atoms with Gasteiger partial charge in [0.05, 0.1) is 0 Å². The van der Waals surface area contributed by atoms with Gasteiger partial charge in [0.1, 0.15) is 0 Å². The van der Waals surface area contributed by atoms with E-state index in [1.54, 1.807) is 0 Å². The smallest absolute Gasteiger partial charge is 0.0250 e. The Morgan fingerprint density at radius 2 is 2.00 bits per heavy atom. The zero-order valence-corrected chi connectivity index (χ0v) is 11.4. The summed E-state index contributed by atoms with van der Waals surface area (Å²) in [5, 5.41) is 3.59. The van der Waals surface area contributed by atoms with E-state index in [0.717, 1.165) is 24.0 Å². The third-order valence-corrected chi connectivity index (χ3v) is 5.20. The highest BCUT2D eigenvalue weighted by Crippen LogP contribution is 2.29. The molecule has 3 saturated heterocycles. The van der Waals surface area contributed by atoms with Crippen molar-refractivity contribution in [3.8, 4) is 0 Å². The van der Waals surface area contributed by atoms with Crippen molar-refractivity contribution < 1.29 is 0 Å². The van der Waals surface area contributed by atoms with Crippen LogP contribution in [0.3, 0.4) is 0 Å². The van der Waals surface area contributed by atoms with Gasteiger partial charge in [-0.2, -0.15) is 0 Å². The number of hydrogen-bond donors (Lipinski definition) is 1. The van der Waals surface area contributed by atoms with Crippen LogP contribution in [-0.2, 0) is 0 Å². The van der Waals surface area contributed by atoms with Gasteiger partial charge in [-0.1, -0.05) is 6.92 Å². The second kappa shape index (κ2) is 4.87. The first-order valence-electron chi connectivity index (χ1n) is 7.46. The van der Waals surface area contributed by atoms with E-state index in [1.165, 1.54) is 52.0 Å².